The molecule has 2 fully saturated rings. The van der Waals surface area contributed by atoms with E-state index in [0.29, 0.717) is 25.7 Å². The smallest absolute Gasteiger partial charge is 0.254 e. The van der Waals surface area contributed by atoms with Gasteiger partial charge in [0.25, 0.3) is 5.91 Å². The van der Waals surface area contributed by atoms with Crippen LogP contribution < -0.4 is 0 Å². The number of nitrogens with zero attached hydrogens (tertiary/aromatic N) is 2. The van der Waals surface area contributed by atoms with Gasteiger partial charge in [-0.1, -0.05) is 19.3 Å². The highest BCUT2D eigenvalue weighted by molar-refractivity contribution is 5.96. The molecule has 0 aromatic heterocycles. The molecule has 0 N–H and O–H groups in total. The number of benzene rings is 1. The number of halogens is 2. The molecule has 136 valence electrons. The van der Waals surface area contributed by atoms with Crippen LogP contribution in [0.1, 0.15) is 49.4 Å². The largest absolute Gasteiger partial charge is 0.340 e. The van der Waals surface area contributed by atoms with E-state index in [2.05, 4.69) is 0 Å². The van der Waals surface area contributed by atoms with Crippen molar-refractivity contribution in [1.29, 1.82) is 0 Å². The Bertz CT molecular complexity index is 653. The lowest BCUT2D eigenvalue weighted by atomic mass is 9.91. The molecule has 1 heterocycles. The lowest BCUT2D eigenvalue weighted by Crippen LogP contribution is -2.58. The zero-order chi connectivity index (χ0) is 18.0. The monoisotopic (exact) mass is 350 g/mol. The third kappa shape index (κ3) is 3.67. The fraction of sp³-hybridized carbons (Fsp3) is 0.579. The van der Waals surface area contributed by atoms with Crippen molar-refractivity contribution < 1.29 is 18.4 Å². The summed E-state index contributed by atoms with van der Waals surface area (Å²) in [6, 6.07) is 3.46. The molecule has 1 aromatic carbocycles. The van der Waals surface area contributed by atoms with Crippen molar-refractivity contribution >= 4 is 11.8 Å². The van der Waals surface area contributed by atoms with E-state index in [1.807, 2.05) is 11.8 Å². The maximum atomic E-state index is 13.3. The van der Waals surface area contributed by atoms with Gasteiger partial charge in [-0.15, -0.1) is 0 Å². The summed E-state index contributed by atoms with van der Waals surface area (Å²) < 4.78 is 26.3. The second-order valence-corrected chi connectivity index (χ2v) is 6.95. The number of carbonyl (C=O) groups excluding carboxylic acids is 2. The van der Waals surface area contributed by atoms with Crippen LogP contribution in [0.4, 0.5) is 8.78 Å². The maximum Gasteiger partial charge on any atom is 0.254 e. The molecule has 1 saturated carbocycles. The molecule has 2 aliphatic rings. The van der Waals surface area contributed by atoms with E-state index in [1.54, 1.807) is 0 Å². The molecule has 0 radical (unpaired) electrons. The average molecular weight is 350 g/mol. The summed E-state index contributed by atoms with van der Waals surface area (Å²) in [7, 11) is 0. The fourth-order valence-electron chi connectivity index (χ4n) is 3.83. The van der Waals surface area contributed by atoms with Gasteiger partial charge in [0.15, 0.2) is 11.6 Å². The normalized spacial score (nSPS) is 18.8. The van der Waals surface area contributed by atoms with Crippen LogP contribution in [0.5, 0.6) is 0 Å². The Hall–Kier alpha value is -1.98. The molecule has 0 atom stereocenters. The van der Waals surface area contributed by atoms with Gasteiger partial charge < -0.3 is 9.80 Å². The SMILES string of the molecule is CCN(C(=O)C1CN(C(=O)c2ccc(F)c(F)c2)C1)C1CCCCC1. The minimum Gasteiger partial charge on any atom is -0.340 e. The summed E-state index contributed by atoms with van der Waals surface area (Å²) in [6.07, 6.45) is 5.69. The molecule has 0 spiro atoms. The first-order valence-corrected chi connectivity index (χ1v) is 9.06. The summed E-state index contributed by atoms with van der Waals surface area (Å²) in [5.41, 5.74) is 0.115. The second kappa shape index (κ2) is 7.50. The standard InChI is InChI=1S/C19H24F2N2O2/c1-2-23(15-6-4-3-5-7-15)19(25)14-11-22(12-14)18(24)13-8-9-16(20)17(21)10-13/h8-10,14-15H,2-7,11-12H2,1H3. The molecule has 25 heavy (non-hydrogen) atoms. The van der Waals surface area contributed by atoms with E-state index >= 15 is 0 Å². The van der Waals surface area contributed by atoms with E-state index in [0.717, 1.165) is 25.0 Å². The van der Waals surface area contributed by atoms with E-state index in [1.165, 1.54) is 30.2 Å². The van der Waals surface area contributed by atoms with Crippen molar-refractivity contribution in [3.63, 3.8) is 0 Å². The van der Waals surface area contributed by atoms with Gasteiger partial charge in [-0.05, 0) is 38.0 Å². The van der Waals surface area contributed by atoms with Crippen LogP contribution in [0.2, 0.25) is 0 Å². The summed E-state index contributed by atoms with van der Waals surface area (Å²) in [4.78, 5) is 28.5. The Balaban J connectivity index is 1.58. The van der Waals surface area contributed by atoms with Crippen LogP contribution in [0, 0.1) is 17.6 Å². The fourth-order valence-corrected chi connectivity index (χ4v) is 3.83. The Labute approximate surface area is 146 Å². The molecular weight excluding hydrogens is 326 g/mol. The van der Waals surface area contributed by atoms with E-state index < -0.39 is 11.6 Å². The Morgan fingerprint density at radius 2 is 1.80 bits per heavy atom. The van der Waals surface area contributed by atoms with Crippen molar-refractivity contribution in [2.75, 3.05) is 19.6 Å². The van der Waals surface area contributed by atoms with Crippen LogP contribution in [0.3, 0.4) is 0 Å². The number of hydrogen-bond donors (Lipinski definition) is 0. The first kappa shape index (κ1) is 17.8. The second-order valence-electron chi connectivity index (χ2n) is 6.95. The Morgan fingerprint density at radius 3 is 2.40 bits per heavy atom. The first-order valence-electron chi connectivity index (χ1n) is 9.06. The van der Waals surface area contributed by atoms with E-state index in [-0.39, 0.29) is 23.3 Å². The lowest BCUT2D eigenvalue weighted by Gasteiger charge is -2.43. The van der Waals surface area contributed by atoms with Crippen molar-refractivity contribution in [1.82, 2.24) is 9.80 Å². The van der Waals surface area contributed by atoms with E-state index in [9.17, 15) is 18.4 Å². The molecule has 1 saturated heterocycles. The van der Waals surface area contributed by atoms with Crippen molar-refractivity contribution in [3.8, 4) is 0 Å². The molecule has 1 aromatic rings. The van der Waals surface area contributed by atoms with Crippen LogP contribution in [-0.4, -0.2) is 47.3 Å². The molecule has 3 rings (SSSR count). The minimum absolute atomic E-state index is 0.115. The molecular formula is C19H24F2N2O2. The van der Waals surface area contributed by atoms with Gasteiger partial charge in [0, 0.05) is 31.2 Å². The Kier molecular flexibility index (Phi) is 5.35. The molecule has 4 nitrogen and oxygen atoms in total. The van der Waals surface area contributed by atoms with E-state index in [4.69, 9.17) is 0 Å². The highest BCUT2D eigenvalue weighted by atomic mass is 19.2. The van der Waals surface area contributed by atoms with Gasteiger partial charge in [-0.3, -0.25) is 9.59 Å². The lowest BCUT2D eigenvalue weighted by molar-refractivity contribution is -0.142. The summed E-state index contributed by atoms with van der Waals surface area (Å²) in [5, 5.41) is 0. The van der Waals surface area contributed by atoms with Crippen LogP contribution in [0.15, 0.2) is 18.2 Å². The predicted molar refractivity (Wildman–Crippen MR) is 90.0 cm³/mol. The number of rotatable bonds is 4. The third-order valence-corrected chi connectivity index (χ3v) is 5.32. The molecule has 2 amide bonds. The highest BCUT2D eigenvalue weighted by Crippen LogP contribution is 2.27. The number of amides is 2. The van der Waals surface area contributed by atoms with Gasteiger partial charge in [-0.2, -0.15) is 0 Å². The molecule has 1 aliphatic carbocycles. The quantitative estimate of drug-likeness (QED) is 0.837. The van der Waals surface area contributed by atoms with Gasteiger partial charge in [0.05, 0.1) is 5.92 Å². The molecule has 0 bridgehead atoms. The molecule has 1 aliphatic heterocycles. The highest BCUT2D eigenvalue weighted by Gasteiger charge is 2.39. The zero-order valence-electron chi connectivity index (χ0n) is 14.5. The summed E-state index contributed by atoms with van der Waals surface area (Å²) >= 11 is 0. The number of carbonyl (C=O) groups is 2. The van der Waals surface area contributed by atoms with Gasteiger partial charge >= 0.3 is 0 Å². The molecule has 0 unspecified atom stereocenters. The van der Waals surface area contributed by atoms with Crippen LogP contribution in [-0.2, 0) is 4.79 Å². The van der Waals surface area contributed by atoms with Crippen LogP contribution >= 0.6 is 0 Å². The first-order chi connectivity index (χ1) is 12.0. The van der Waals surface area contributed by atoms with Crippen molar-refractivity contribution in [3.05, 3.63) is 35.4 Å². The van der Waals surface area contributed by atoms with Gasteiger partial charge in [0.2, 0.25) is 5.91 Å². The summed E-state index contributed by atoms with van der Waals surface area (Å²) in [6.45, 7) is 3.38. The minimum atomic E-state index is -1.03. The zero-order valence-corrected chi connectivity index (χ0v) is 14.5. The predicted octanol–water partition coefficient (Wildman–Crippen LogP) is 3.22. The van der Waals surface area contributed by atoms with Crippen molar-refractivity contribution in [2.24, 2.45) is 5.92 Å². The average Bonchev–Trinajstić information content (AvgIpc) is 2.57. The van der Waals surface area contributed by atoms with Gasteiger partial charge in [0.1, 0.15) is 0 Å². The topological polar surface area (TPSA) is 40.6 Å². The van der Waals surface area contributed by atoms with Gasteiger partial charge in [-0.25, -0.2) is 8.78 Å². The Morgan fingerprint density at radius 1 is 1.12 bits per heavy atom. The van der Waals surface area contributed by atoms with Crippen molar-refractivity contribution in [2.45, 2.75) is 45.1 Å². The number of hydrogen-bond acceptors (Lipinski definition) is 2. The van der Waals surface area contributed by atoms with Crippen LogP contribution in [0.25, 0.3) is 0 Å². The summed E-state index contributed by atoms with van der Waals surface area (Å²) in [5.74, 6) is -2.43. The molecule has 6 heteroatoms. The number of likely N-dealkylation sites (tertiary alicyclic amines) is 1. The third-order valence-electron chi connectivity index (χ3n) is 5.32. The maximum absolute atomic E-state index is 13.3.